The molecule has 5 N–H and O–H groups in total. The van der Waals surface area contributed by atoms with Crippen molar-refractivity contribution in [2.75, 3.05) is 43.5 Å². The highest BCUT2D eigenvalue weighted by atomic mass is 32.2. The van der Waals surface area contributed by atoms with E-state index in [2.05, 4.69) is 52.4 Å². The van der Waals surface area contributed by atoms with Gasteiger partial charge in [-0.25, -0.2) is 28.2 Å². The van der Waals surface area contributed by atoms with E-state index >= 15 is 4.79 Å². The molecule has 2 saturated heterocycles. The number of piperidine rings is 1. The highest BCUT2D eigenvalue weighted by molar-refractivity contribution is 7.92. The van der Waals surface area contributed by atoms with Crippen molar-refractivity contribution in [1.29, 1.82) is 0 Å². The van der Waals surface area contributed by atoms with Crippen LogP contribution in [-0.4, -0.2) is 141 Å². The van der Waals surface area contributed by atoms with Gasteiger partial charge in [0.05, 0.1) is 28.5 Å². The van der Waals surface area contributed by atoms with Gasteiger partial charge >= 0.3 is 6.09 Å². The molecule has 5 heterocycles. The summed E-state index contributed by atoms with van der Waals surface area (Å²) in [6, 6.07) is 11.3. The maximum atomic E-state index is 15.2. The number of likely N-dealkylation sites (N-methyl/N-ethyl adjacent to an activating group) is 1. The lowest BCUT2D eigenvalue weighted by atomic mass is 9.83. The number of aromatic nitrogens is 5. The second-order valence-electron chi connectivity index (χ2n) is 25.6. The van der Waals surface area contributed by atoms with Crippen LogP contribution >= 0.6 is 0 Å². The Morgan fingerprint density at radius 3 is 2.29 bits per heavy atom. The minimum Gasteiger partial charge on any atom is -0.492 e. The molecule has 21 nitrogen and oxygen atoms in total. The zero-order valence-electron chi connectivity index (χ0n) is 51.0. The minimum absolute atomic E-state index is 0.0495. The third-order valence-corrected chi connectivity index (χ3v) is 20.0. The number of H-pyrrole nitrogens is 1. The van der Waals surface area contributed by atoms with Crippen molar-refractivity contribution >= 4 is 67.9 Å². The van der Waals surface area contributed by atoms with Crippen molar-refractivity contribution in [2.24, 2.45) is 11.8 Å². The molecule has 0 unspecified atom stereocenters. The number of aromatic amines is 1. The standard InChI is InChI=1S/C63H86N12O9S/c1-38-39(2)71-72-55(38)70-56-47-33-52(85(81,82)63(7,8)9)51(34-49(47)65-37-66-56)83-31-17-18-41-27-29-74(30-28-41)53-26-25-44(35-64-53)58(77)67-45-32-50(59(78)68-48-24-16-22-42-19-14-15-23-46(42)48)75(36-45)60(79)54(43-20-12-11-13-21-43)69-57(76)40(3)73(10)61(80)84-62(4,5)6/h14-15,19,23,25-26,33-35,37,40-41,43,45,48,50,54H,11-13,16-18,20-22,24,27-32,36H2,1-10H3,(H,67,77)(H,68,78)(H,69,76)(H2,65,66,70,71,72)/t40-,45-,48+,50-,54-/m0/s1. The zero-order valence-corrected chi connectivity index (χ0v) is 51.9. The van der Waals surface area contributed by atoms with Gasteiger partial charge in [0.15, 0.2) is 15.7 Å². The first-order valence-corrected chi connectivity index (χ1v) is 31.8. The van der Waals surface area contributed by atoms with E-state index in [1.165, 1.54) is 23.8 Å². The maximum Gasteiger partial charge on any atom is 0.410 e. The largest absolute Gasteiger partial charge is 0.492 e. The van der Waals surface area contributed by atoms with Crippen LogP contribution in [0.15, 0.2) is 66.0 Å². The summed E-state index contributed by atoms with van der Waals surface area (Å²) in [6.07, 6.45) is 12.7. The molecule has 2 aliphatic carbocycles. The third-order valence-electron chi connectivity index (χ3n) is 17.5. The van der Waals surface area contributed by atoms with Crippen LogP contribution in [0.4, 0.5) is 22.2 Å². The molecule has 4 aliphatic rings. The summed E-state index contributed by atoms with van der Waals surface area (Å²) in [7, 11) is -2.35. The van der Waals surface area contributed by atoms with Gasteiger partial charge < -0.3 is 40.5 Å². The number of hydrogen-bond donors (Lipinski definition) is 5. The number of fused-ring (bicyclic) bond motifs is 2. The van der Waals surface area contributed by atoms with Gasteiger partial charge in [-0.05, 0) is 168 Å². The summed E-state index contributed by atoms with van der Waals surface area (Å²) in [5, 5.41) is 20.5. The zero-order chi connectivity index (χ0) is 61.0. The quantitative estimate of drug-likeness (QED) is 0.0513. The summed E-state index contributed by atoms with van der Waals surface area (Å²) in [5.41, 5.74) is 4.16. The molecule has 0 spiro atoms. The topological polar surface area (TPSA) is 263 Å². The van der Waals surface area contributed by atoms with Crippen molar-refractivity contribution < 1.29 is 41.9 Å². The first kappa shape index (κ1) is 62.2. The van der Waals surface area contributed by atoms with Crippen LogP contribution in [0.3, 0.4) is 0 Å². The lowest BCUT2D eigenvalue weighted by Crippen LogP contribution is -2.59. The fourth-order valence-electron chi connectivity index (χ4n) is 12.1. The second-order valence-corrected chi connectivity index (χ2v) is 28.3. The van der Waals surface area contributed by atoms with E-state index in [4.69, 9.17) is 14.5 Å². The number of aryl methyl sites for hydroxylation is 2. The molecule has 22 heteroatoms. The molecule has 1 saturated carbocycles. The molecular formula is C63H86N12O9S. The van der Waals surface area contributed by atoms with Gasteiger partial charge in [-0.3, -0.25) is 29.2 Å². The number of pyridine rings is 1. The summed E-state index contributed by atoms with van der Waals surface area (Å²) in [4.78, 5) is 89.7. The van der Waals surface area contributed by atoms with Gasteiger partial charge in [-0.2, -0.15) is 5.10 Å². The van der Waals surface area contributed by atoms with Crippen LogP contribution in [0, 0.1) is 25.7 Å². The van der Waals surface area contributed by atoms with E-state index < -0.39 is 62.3 Å². The first-order chi connectivity index (χ1) is 40.4. The van der Waals surface area contributed by atoms with E-state index in [1.54, 1.807) is 77.8 Å². The molecule has 458 valence electrons. The van der Waals surface area contributed by atoms with Crippen LogP contribution in [0.2, 0.25) is 0 Å². The van der Waals surface area contributed by atoms with E-state index in [1.807, 2.05) is 38.1 Å². The molecule has 5 atom stereocenters. The van der Waals surface area contributed by atoms with Gasteiger partial charge in [0.2, 0.25) is 17.7 Å². The summed E-state index contributed by atoms with van der Waals surface area (Å²) in [5.74, 6) is 0.649. The Hall–Kier alpha value is -7.36. The van der Waals surface area contributed by atoms with Crippen molar-refractivity contribution in [1.82, 2.24) is 50.9 Å². The Bertz CT molecular complexity index is 3340. The molecule has 3 fully saturated rings. The molecule has 5 aromatic rings. The molecule has 85 heavy (non-hydrogen) atoms. The monoisotopic (exact) mass is 1190 g/mol. The molecule has 0 radical (unpaired) electrons. The Morgan fingerprint density at radius 2 is 1.61 bits per heavy atom. The number of carbonyl (C=O) groups is 5. The van der Waals surface area contributed by atoms with Crippen LogP contribution in [-0.2, 0) is 35.4 Å². The van der Waals surface area contributed by atoms with Gasteiger partial charge in [0, 0.05) is 61.6 Å². The average Bonchev–Trinajstić information content (AvgIpc) is 2.24. The van der Waals surface area contributed by atoms with Crippen LogP contribution in [0.1, 0.15) is 164 Å². The summed E-state index contributed by atoms with van der Waals surface area (Å²) >= 11 is 0. The predicted octanol–water partition coefficient (Wildman–Crippen LogP) is 8.97. The smallest absolute Gasteiger partial charge is 0.410 e. The fourth-order valence-corrected chi connectivity index (χ4v) is 13.4. The lowest BCUT2D eigenvalue weighted by Gasteiger charge is -2.36. The van der Waals surface area contributed by atoms with E-state index in [0.717, 1.165) is 93.5 Å². The molecule has 0 bridgehead atoms. The number of nitrogens with one attached hydrogen (secondary N) is 5. The highest BCUT2D eigenvalue weighted by Gasteiger charge is 2.46. The van der Waals surface area contributed by atoms with Crippen molar-refractivity contribution in [3.8, 4) is 5.75 Å². The van der Waals surface area contributed by atoms with Crippen LogP contribution in [0.5, 0.6) is 5.75 Å². The third kappa shape index (κ3) is 14.5. The predicted molar refractivity (Wildman–Crippen MR) is 325 cm³/mol. The number of nitrogens with zero attached hydrogens (tertiary/aromatic N) is 7. The average molecular weight is 1190 g/mol. The molecule has 2 aromatic carbocycles. The number of anilines is 3. The van der Waals surface area contributed by atoms with E-state index in [9.17, 15) is 27.6 Å². The van der Waals surface area contributed by atoms with E-state index in [-0.39, 0.29) is 47.4 Å². The van der Waals surface area contributed by atoms with Crippen LogP contribution < -0.4 is 30.9 Å². The van der Waals surface area contributed by atoms with Gasteiger partial charge in [-0.1, -0.05) is 43.5 Å². The molecule has 5 amide bonds. The number of rotatable bonds is 18. The Morgan fingerprint density at radius 1 is 0.871 bits per heavy atom. The van der Waals surface area contributed by atoms with Gasteiger partial charge in [-0.15, -0.1) is 0 Å². The number of carbonyl (C=O) groups excluding carboxylic acids is 5. The normalized spacial score (nSPS) is 19.6. The second kappa shape index (κ2) is 26.1. The minimum atomic E-state index is -3.85. The number of likely N-dealkylation sites (tertiary alicyclic amines) is 1. The number of hydrogen-bond acceptors (Lipinski definition) is 15. The number of amides is 5. The Balaban J connectivity index is 0.824. The van der Waals surface area contributed by atoms with Gasteiger partial charge in [0.1, 0.15) is 52.3 Å². The molecule has 3 aromatic heterocycles. The van der Waals surface area contributed by atoms with Gasteiger partial charge in [0.25, 0.3) is 5.91 Å². The fraction of sp³-hybridized carbons (Fsp3) is 0.571. The number of benzene rings is 2. The highest BCUT2D eigenvalue weighted by Crippen LogP contribution is 2.39. The van der Waals surface area contributed by atoms with E-state index in [0.29, 0.717) is 59.9 Å². The maximum absolute atomic E-state index is 15.2. The Kier molecular flexibility index (Phi) is 19.1. The summed E-state index contributed by atoms with van der Waals surface area (Å²) < 4.78 is 38.9. The first-order valence-electron chi connectivity index (χ1n) is 30.3. The van der Waals surface area contributed by atoms with Crippen molar-refractivity contribution in [3.63, 3.8) is 0 Å². The van der Waals surface area contributed by atoms with Crippen molar-refractivity contribution in [2.45, 2.75) is 191 Å². The van der Waals surface area contributed by atoms with Crippen LogP contribution in [0.25, 0.3) is 10.9 Å². The summed E-state index contributed by atoms with van der Waals surface area (Å²) in [6.45, 7) is 17.6. The number of ether oxygens (including phenoxy) is 2. The lowest BCUT2D eigenvalue weighted by molar-refractivity contribution is -0.143. The van der Waals surface area contributed by atoms with Crippen molar-refractivity contribution in [3.05, 3.63) is 89.0 Å². The SMILES string of the molecule is Cc1[nH]nc(Nc2ncnc3cc(OCCCC4CCN(c5ccc(C(=O)N[C@H]6C[C@@H](C(=O)N[C@@H]7CCCc8ccccc87)N(C(=O)[C@@H](NC(=O)[C@H](C)N(C)C(=O)OC(C)(C)C)C7CCCCC7)C6)cn5)CC4)c(S(=O)(=O)C(C)(C)C)cc23)c1C. The Labute approximate surface area is 499 Å². The molecular weight excluding hydrogens is 1100 g/mol. The molecule has 9 rings (SSSR count). The number of sulfone groups is 1. The molecule has 2 aliphatic heterocycles.